The zero-order valence-corrected chi connectivity index (χ0v) is 25.1. The predicted molar refractivity (Wildman–Crippen MR) is 162 cm³/mol. The zero-order chi connectivity index (χ0) is 29.5. The first-order chi connectivity index (χ1) is 19.7. The lowest BCUT2D eigenvalue weighted by Gasteiger charge is -2.16. The van der Waals surface area contributed by atoms with Gasteiger partial charge in [0.25, 0.3) is 5.91 Å². The number of ether oxygens (including phenoxy) is 3. The van der Waals surface area contributed by atoms with Gasteiger partial charge in [0.15, 0.2) is 11.5 Å². The van der Waals surface area contributed by atoms with Gasteiger partial charge in [-0.2, -0.15) is 5.26 Å². The molecule has 8 heteroatoms. The van der Waals surface area contributed by atoms with Crippen LogP contribution in [0.3, 0.4) is 0 Å². The molecule has 0 aliphatic heterocycles. The van der Waals surface area contributed by atoms with Gasteiger partial charge in [0.05, 0.1) is 18.8 Å². The number of carbonyl (C=O) groups excluding carboxylic acids is 2. The van der Waals surface area contributed by atoms with Gasteiger partial charge >= 0.3 is 5.97 Å². The van der Waals surface area contributed by atoms with Gasteiger partial charge in [0, 0.05) is 4.88 Å². The van der Waals surface area contributed by atoms with E-state index in [4.69, 9.17) is 14.2 Å². The Morgan fingerprint density at radius 2 is 1.73 bits per heavy atom. The average molecular weight is 573 g/mol. The first-order valence-corrected chi connectivity index (χ1v) is 14.8. The van der Waals surface area contributed by atoms with Crippen molar-refractivity contribution in [3.05, 3.63) is 79.7 Å². The Kier molecular flexibility index (Phi) is 9.85. The number of nitrogens with one attached hydrogen (secondary N) is 1. The number of hydrogen-bond acceptors (Lipinski definition) is 7. The molecule has 0 bridgehead atoms. The monoisotopic (exact) mass is 572 g/mol. The highest BCUT2D eigenvalue weighted by molar-refractivity contribution is 7.17. The first kappa shape index (κ1) is 29.9. The Bertz CT molecular complexity index is 1510. The van der Waals surface area contributed by atoms with Gasteiger partial charge in [-0.15, -0.1) is 11.3 Å². The number of benzene rings is 2. The molecule has 1 aromatic heterocycles. The minimum Gasteiger partial charge on any atom is -0.490 e. The quantitative estimate of drug-likeness (QED) is 0.156. The SMILES string of the molecule is CCOC(=O)c1c(NC(=O)C(C#N)=Cc2ccc(OCc3c(C)cc(C)cc3C)c(OCC)c2)sc2c1CCCC2. The number of thiophene rings is 1. The van der Waals surface area contributed by atoms with Gasteiger partial charge in [-0.1, -0.05) is 23.8 Å². The van der Waals surface area contributed by atoms with Crippen molar-refractivity contribution >= 4 is 34.3 Å². The number of carbonyl (C=O) groups is 2. The third-order valence-electron chi connectivity index (χ3n) is 7.03. The molecular weight excluding hydrogens is 536 g/mol. The lowest BCUT2D eigenvalue weighted by molar-refractivity contribution is -0.112. The van der Waals surface area contributed by atoms with Crippen molar-refractivity contribution in [2.75, 3.05) is 18.5 Å². The maximum absolute atomic E-state index is 13.2. The molecule has 0 fully saturated rings. The minimum atomic E-state index is -0.583. The smallest absolute Gasteiger partial charge is 0.341 e. The van der Waals surface area contributed by atoms with Crippen LogP contribution in [0.5, 0.6) is 11.5 Å². The second kappa shape index (κ2) is 13.5. The third kappa shape index (κ3) is 6.98. The van der Waals surface area contributed by atoms with Crippen LogP contribution in [0.25, 0.3) is 6.08 Å². The normalized spacial score (nSPS) is 12.7. The van der Waals surface area contributed by atoms with E-state index in [1.807, 2.05) is 13.0 Å². The zero-order valence-electron chi connectivity index (χ0n) is 24.3. The fraction of sp³-hybridized carbons (Fsp3) is 0.364. The number of rotatable bonds is 10. The summed E-state index contributed by atoms with van der Waals surface area (Å²) in [5.74, 6) is 0.0735. The summed E-state index contributed by atoms with van der Waals surface area (Å²) in [7, 11) is 0. The van der Waals surface area contributed by atoms with Crippen LogP contribution in [0.2, 0.25) is 0 Å². The summed E-state index contributed by atoms with van der Waals surface area (Å²) in [5, 5.41) is 13.1. The largest absolute Gasteiger partial charge is 0.490 e. The van der Waals surface area contributed by atoms with E-state index in [1.54, 1.807) is 25.1 Å². The number of esters is 1. The Morgan fingerprint density at radius 1 is 1.00 bits per heavy atom. The molecule has 7 nitrogen and oxygen atoms in total. The van der Waals surface area contributed by atoms with Crippen LogP contribution in [-0.4, -0.2) is 25.1 Å². The van der Waals surface area contributed by atoms with E-state index < -0.39 is 11.9 Å². The molecule has 1 aliphatic carbocycles. The summed E-state index contributed by atoms with van der Waals surface area (Å²) in [6.45, 7) is 10.9. The summed E-state index contributed by atoms with van der Waals surface area (Å²) < 4.78 is 17.3. The van der Waals surface area contributed by atoms with Crippen LogP contribution in [0, 0.1) is 32.1 Å². The minimum absolute atomic E-state index is 0.0896. The van der Waals surface area contributed by atoms with E-state index in [0.29, 0.717) is 40.8 Å². The van der Waals surface area contributed by atoms with Crippen LogP contribution >= 0.6 is 11.3 Å². The topological polar surface area (TPSA) is 97.7 Å². The summed E-state index contributed by atoms with van der Waals surface area (Å²) in [6.07, 6.45) is 5.17. The standard InChI is InChI=1S/C33H36N2O5S/c1-6-38-28-17-23(12-13-27(28)40-19-26-21(4)14-20(3)15-22(26)5)16-24(18-34)31(36)35-32-30(33(37)39-7-2)25-10-8-9-11-29(25)41-32/h12-17H,6-11,19H2,1-5H3,(H,35,36). The molecule has 1 heterocycles. The van der Waals surface area contributed by atoms with Gasteiger partial charge in [-0.3, -0.25) is 4.79 Å². The Labute approximate surface area is 245 Å². The van der Waals surface area contributed by atoms with E-state index in [1.165, 1.54) is 34.1 Å². The van der Waals surface area contributed by atoms with Crippen LogP contribution < -0.4 is 14.8 Å². The molecule has 3 aromatic rings. The molecule has 4 rings (SSSR count). The van der Waals surface area contributed by atoms with Gasteiger partial charge in [0.2, 0.25) is 0 Å². The predicted octanol–water partition coefficient (Wildman–Crippen LogP) is 7.25. The highest BCUT2D eigenvalue weighted by atomic mass is 32.1. The molecule has 1 N–H and O–H groups in total. The lowest BCUT2D eigenvalue weighted by Crippen LogP contribution is -2.16. The van der Waals surface area contributed by atoms with E-state index >= 15 is 0 Å². The lowest BCUT2D eigenvalue weighted by atomic mass is 9.95. The van der Waals surface area contributed by atoms with E-state index in [2.05, 4.69) is 38.2 Å². The number of nitriles is 1. The molecular formula is C33H36N2O5S. The fourth-order valence-electron chi connectivity index (χ4n) is 5.15. The van der Waals surface area contributed by atoms with Crippen molar-refractivity contribution < 1.29 is 23.8 Å². The van der Waals surface area contributed by atoms with Crippen LogP contribution in [0.15, 0.2) is 35.9 Å². The Balaban J connectivity index is 1.57. The maximum atomic E-state index is 13.2. The number of amides is 1. The molecule has 0 atom stereocenters. The third-order valence-corrected chi connectivity index (χ3v) is 8.24. The Morgan fingerprint density at radius 3 is 2.41 bits per heavy atom. The van der Waals surface area contributed by atoms with E-state index in [-0.39, 0.29) is 12.2 Å². The molecule has 41 heavy (non-hydrogen) atoms. The molecule has 1 amide bonds. The van der Waals surface area contributed by atoms with Crippen LogP contribution in [0.4, 0.5) is 5.00 Å². The molecule has 0 saturated heterocycles. The number of anilines is 1. The Hall–Kier alpha value is -4.09. The van der Waals surface area contributed by atoms with Gasteiger partial charge in [0.1, 0.15) is 23.3 Å². The number of hydrogen-bond donors (Lipinski definition) is 1. The number of aryl methyl sites for hydroxylation is 4. The van der Waals surface area contributed by atoms with Gasteiger partial charge < -0.3 is 19.5 Å². The van der Waals surface area contributed by atoms with Crippen LogP contribution in [-0.2, 0) is 29.0 Å². The highest BCUT2D eigenvalue weighted by Gasteiger charge is 2.28. The molecule has 0 unspecified atom stereocenters. The van der Waals surface area contributed by atoms with Crippen molar-refractivity contribution in [2.45, 2.75) is 66.9 Å². The van der Waals surface area contributed by atoms with Crippen LogP contribution in [0.1, 0.15) is 75.3 Å². The van der Waals surface area contributed by atoms with Crippen molar-refractivity contribution in [3.63, 3.8) is 0 Å². The molecule has 214 valence electrons. The summed E-state index contributed by atoms with van der Waals surface area (Å²) in [4.78, 5) is 27.1. The van der Waals surface area contributed by atoms with E-state index in [0.717, 1.165) is 41.7 Å². The average Bonchev–Trinajstić information content (AvgIpc) is 3.30. The maximum Gasteiger partial charge on any atom is 0.341 e. The summed E-state index contributed by atoms with van der Waals surface area (Å²) in [6, 6.07) is 11.6. The number of fused-ring (bicyclic) bond motifs is 1. The van der Waals surface area contributed by atoms with Crippen molar-refractivity contribution in [1.29, 1.82) is 5.26 Å². The summed E-state index contributed by atoms with van der Waals surface area (Å²) in [5.41, 5.74) is 6.57. The van der Waals surface area contributed by atoms with E-state index in [9.17, 15) is 14.9 Å². The molecule has 2 aromatic carbocycles. The molecule has 1 aliphatic rings. The van der Waals surface area contributed by atoms with Crippen molar-refractivity contribution in [3.8, 4) is 17.6 Å². The fourth-order valence-corrected chi connectivity index (χ4v) is 6.42. The second-order valence-electron chi connectivity index (χ2n) is 10.1. The molecule has 0 spiro atoms. The highest BCUT2D eigenvalue weighted by Crippen LogP contribution is 2.39. The molecule has 0 radical (unpaired) electrons. The summed E-state index contributed by atoms with van der Waals surface area (Å²) >= 11 is 1.39. The number of nitrogens with zero attached hydrogens (tertiary/aromatic N) is 1. The van der Waals surface area contributed by atoms with Gasteiger partial charge in [-0.05, 0) is 106 Å². The first-order valence-electron chi connectivity index (χ1n) is 14.0. The van der Waals surface area contributed by atoms with Gasteiger partial charge in [-0.25, -0.2) is 4.79 Å². The van der Waals surface area contributed by atoms with Crippen molar-refractivity contribution in [2.24, 2.45) is 0 Å². The molecule has 0 saturated carbocycles. The second-order valence-corrected chi connectivity index (χ2v) is 11.2. The van der Waals surface area contributed by atoms with Crippen molar-refractivity contribution in [1.82, 2.24) is 0 Å².